The molecule has 0 bridgehead atoms. The monoisotopic (exact) mass is 496 g/mol. The van der Waals surface area contributed by atoms with Crippen LogP contribution in [-0.2, 0) is 9.74 Å². The van der Waals surface area contributed by atoms with Crippen molar-refractivity contribution in [3.05, 3.63) is 60.9 Å². The number of nitrogens with zero attached hydrogens (tertiary/aromatic N) is 3. The van der Waals surface area contributed by atoms with Gasteiger partial charge in [0.1, 0.15) is 17.9 Å². The van der Waals surface area contributed by atoms with Crippen LogP contribution in [0.25, 0.3) is 11.3 Å². The molecule has 1 atom stereocenters. The van der Waals surface area contributed by atoms with Gasteiger partial charge in [0.25, 0.3) is 0 Å². The molecule has 1 fully saturated rings. The van der Waals surface area contributed by atoms with Crippen molar-refractivity contribution in [2.45, 2.75) is 30.5 Å². The van der Waals surface area contributed by atoms with Gasteiger partial charge in [-0.3, -0.25) is 4.21 Å². The van der Waals surface area contributed by atoms with Gasteiger partial charge in [0.05, 0.1) is 5.69 Å². The van der Waals surface area contributed by atoms with E-state index < -0.39 is 16.1 Å². The molecule has 1 aliphatic heterocycles. The molecule has 2 heterocycles. The van der Waals surface area contributed by atoms with E-state index in [1.165, 1.54) is 37.0 Å². The number of thiol groups is 1. The van der Waals surface area contributed by atoms with E-state index in [4.69, 9.17) is 0 Å². The van der Waals surface area contributed by atoms with Crippen LogP contribution in [0.5, 0.6) is 5.75 Å². The second-order valence-electron chi connectivity index (χ2n) is 7.67. The van der Waals surface area contributed by atoms with E-state index in [9.17, 15) is 17.4 Å². The van der Waals surface area contributed by atoms with E-state index in [1.54, 1.807) is 6.07 Å². The van der Waals surface area contributed by atoms with E-state index in [0.29, 0.717) is 17.2 Å². The summed E-state index contributed by atoms with van der Waals surface area (Å²) in [6, 6.07) is 14.6. The van der Waals surface area contributed by atoms with Crippen LogP contribution in [0.15, 0.2) is 65.8 Å². The number of piperidine rings is 1. The van der Waals surface area contributed by atoms with E-state index in [2.05, 4.69) is 32.8 Å². The van der Waals surface area contributed by atoms with Crippen molar-refractivity contribution in [1.82, 2.24) is 14.3 Å². The molecule has 3 aromatic rings. The normalized spacial score (nSPS) is 15.8. The summed E-state index contributed by atoms with van der Waals surface area (Å²) in [6.07, 6.45) is -0.0305. The summed E-state index contributed by atoms with van der Waals surface area (Å²) in [5.74, 6) is 0.186. The number of ether oxygens (including phenoxy) is 1. The third-order valence-corrected chi connectivity index (χ3v) is 9.47. The molecule has 0 aliphatic carbocycles. The Morgan fingerprint density at radius 2 is 1.64 bits per heavy atom. The zero-order chi connectivity index (χ0) is 23.5. The first kappa shape index (κ1) is 23.6. The third kappa shape index (κ3) is 6.07. The lowest BCUT2D eigenvalue weighted by molar-refractivity contribution is -0.274. The van der Waals surface area contributed by atoms with Crippen molar-refractivity contribution >= 4 is 29.7 Å². The molecular weight excluding hydrogens is 472 g/mol. The fourth-order valence-electron chi connectivity index (χ4n) is 3.65. The molecule has 1 unspecified atom stereocenters. The van der Waals surface area contributed by atoms with Crippen LogP contribution < -0.4 is 10.1 Å². The maximum Gasteiger partial charge on any atom is 0.573 e. The zero-order valence-electron chi connectivity index (χ0n) is 17.6. The van der Waals surface area contributed by atoms with Crippen molar-refractivity contribution in [1.29, 1.82) is 0 Å². The number of hydrogen-bond donors (Lipinski definition) is 2. The van der Waals surface area contributed by atoms with E-state index in [1.807, 2.05) is 24.3 Å². The Labute approximate surface area is 193 Å². The van der Waals surface area contributed by atoms with Gasteiger partial charge >= 0.3 is 6.36 Å². The predicted octanol–water partition coefficient (Wildman–Crippen LogP) is 5.35. The van der Waals surface area contributed by atoms with Crippen LogP contribution in [0.2, 0.25) is 0 Å². The highest BCUT2D eigenvalue weighted by atomic mass is 32.8. The van der Waals surface area contributed by atoms with Crippen molar-refractivity contribution in [2.24, 2.45) is 0 Å². The van der Waals surface area contributed by atoms with Crippen LogP contribution in [0.1, 0.15) is 19.3 Å². The number of rotatable bonds is 6. The minimum absolute atomic E-state index is 0.299. The minimum Gasteiger partial charge on any atom is -0.406 e. The highest BCUT2D eigenvalue weighted by Gasteiger charge is 2.31. The minimum atomic E-state index is -4.73. The largest absolute Gasteiger partial charge is 0.573 e. The number of alkyl halides is 3. The van der Waals surface area contributed by atoms with Crippen LogP contribution in [0.3, 0.4) is 0 Å². The van der Waals surface area contributed by atoms with Gasteiger partial charge in [-0.1, -0.05) is 18.6 Å². The Morgan fingerprint density at radius 1 is 0.970 bits per heavy atom. The lowest BCUT2D eigenvalue weighted by Crippen LogP contribution is -2.36. The number of halogens is 3. The number of hydrogen-bond acceptors (Lipinski definition) is 5. The van der Waals surface area contributed by atoms with Crippen molar-refractivity contribution in [2.75, 3.05) is 18.4 Å². The average Bonchev–Trinajstić information content (AvgIpc) is 2.80. The molecule has 11 heteroatoms. The predicted molar refractivity (Wildman–Crippen MR) is 127 cm³/mol. The Bertz CT molecular complexity index is 1140. The maximum absolute atomic E-state index is 13.4. The second kappa shape index (κ2) is 9.75. The highest BCUT2D eigenvalue weighted by molar-refractivity contribution is 8.43. The van der Waals surface area contributed by atoms with Gasteiger partial charge in [-0.2, -0.15) is 0 Å². The summed E-state index contributed by atoms with van der Waals surface area (Å²) in [7, 11) is -0.121. The molecule has 6 nitrogen and oxygen atoms in total. The van der Waals surface area contributed by atoms with Gasteiger partial charge in [-0.25, -0.2) is 14.3 Å². The van der Waals surface area contributed by atoms with Gasteiger partial charge in [0.2, 0.25) is 0 Å². The van der Waals surface area contributed by atoms with Gasteiger partial charge in [-0.15, -0.1) is 13.2 Å². The molecule has 0 amide bonds. The first-order valence-corrected chi connectivity index (χ1v) is 13.7. The Morgan fingerprint density at radius 3 is 2.27 bits per heavy atom. The van der Waals surface area contributed by atoms with Crippen molar-refractivity contribution in [3.8, 4) is 17.0 Å². The summed E-state index contributed by atoms with van der Waals surface area (Å²) >= 11 is 0. The Balaban J connectivity index is 1.47. The fraction of sp³-hybridized carbons (Fsp3) is 0.273. The zero-order valence-corrected chi connectivity index (χ0v) is 19.7. The summed E-state index contributed by atoms with van der Waals surface area (Å²) in [5, 5.41) is 3.04. The standard InChI is InChI=1S/C22H24F3N4O2PS/c23-22(24,25)31-18-8-6-17(7-9-18)28-21-14-20(26-15-27-21)16-4-10-19(11-5-16)33(30,32)29-12-2-1-3-13-29/h4-11,14-15,33H,1-3,12-13,32H2,(H,26,27,28). The molecule has 33 heavy (non-hydrogen) atoms. The van der Waals surface area contributed by atoms with Gasteiger partial charge in [-0.05, 0) is 67.4 Å². The van der Waals surface area contributed by atoms with E-state index >= 15 is 0 Å². The molecule has 2 aromatic carbocycles. The second-order valence-corrected chi connectivity index (χ2v) is 12.1. The smallest absolute Gasteiger partial charge is 0.406 e. The van der Waals surface area contributed by atoms with Gasteiger partial charge in [0.15, 0.2) is 0 Å². The molecule has 4 rings (SSSR count). The summed E-state index contributed by atoms with van der Waals surface area (Å²) in [6.45, 7) is 1.68. The van der Waals surface area contributed by atoms with E-state index in [0.717, 1.165) is 36.4 Å². The average molecular weight is 496 g/mol. The van der Waals surface area contributed by atoms with Crippen LogP contribution in [0.4, 0.5) is 24.7 Å². The van der Waals surface area contributed by atoms with E-state index in [-0.39, 0.29) is 5.75 Å². The Kier molecular flexibility index (Phi) is 6.97. The van der Waals surface area contributed by atoms with Crippen molar-refractivity contribution < 1.29 is 22.1 Å². The van der Waals surface area contributed by atoms with Crippen LogP contribution in [0, 0.1) is 0 Å². The van der Waals surface area contributed by atoms with Crippen LogP contribution >= 0.6 is 8.44 Å². The first-order chi connectivity index (χ1) is 15.7. The molecule has 0 spiro atoms. The number of nitrogens with one attached hydrogen (secondary N) is 1. The highest BCUT2D eigenvalue weighted by Crippen LogP contribution is 2.34. The summed E-state index contributed by atoms with van der Waals surface area (Å²) in [4.78, 5) is 9.26. The lowest BCUT2D eigenvalue weighted by Gasteiger charge is -2.36. The molecule has 1 saturated heterocycles. The number of anilines is 2. The topological polar surface area (TPSA) is 67.3 Å². The molecule has 1 aliphatic rings. The number of aromatic nitrogens is 2. The molecule has 1 aromatic heterocycles. The van der Waals surface area contributed by atoms with Crippen LogP contribution in [-0.4, -0.2) is 37.9 Å². The van der Waals surface area contributed by atoms with Crippen molar-refractivity contribution in [3.63, 3.8) is 0 Å². The quantitative estimate of drug-likeness (QED) is 0.356. The maximum atomic E-state index is 13.4. The Hall–Kier alpha value is -2.55. The molecule has 176 valence electrons. The SMILES string of the molecule is O=[SH](P)(c1ccc(-c2cc(Nc3ccc(OC(F)(F)F)cc3)ncn2)cc1)N1CCCCC1. The fourth-order valence-corrected chi connectivity index (χ4v) is 6.64. The number of benzene rings is 2. The third-order valence-electron chi connectivity index (χ3n) is 5.31. The van der Waals surface area contributed by atoms with Gasteiger partial charge in [0, 0.05) is 35.3 Å². The first-order valence-electron chi connectivity index (χ1n) is 10.4. The summed E-state index contributed by atoms with van der Waals surface area (Å²) in [5.41, 5.74) is 2.05. The molecule has 0 radical (unpaired) electrons. The molecular formula is C22H24F3N4O2PS. The lowest BCUT2D eigenvalue weighted by atomic mass is 10.1. The summed E-state index contributed by atoms with van der Waals surface area (Å²) < 4.78 is 56.2. The molecule has 0 saturated carbocycles. The van der Waals surface area contributed by atoms with Gasteiger partial charge < -0.3 is 10.1 Å². The molecule has 1 N–H and O–H groups in total.